The Morgan fingerprint density at radius 3 is 2.68 bits per heavy atom. The first-order valence-electron chi connectivity index (χ1n) is 6.89. The number of hydrogen-bond donors (Lipinski definition) is 1. The molecule has 25 heavy (non-hydrogen) atoms. The zero-order chi connectivity index (χ0) is 18.6. The van der Waals surface area contributed by atoms with Gasteiger partial charge in [-0.2, -0.15) is 13.2 Å². The van der Waals surface area contributed by atoms with Crippen LogP contribution in [0.15, 0.2) is 36.4 Å². The van der Waals surface area contributed by atoms with E-state index in [-0.39, 0.29) is 11.4 Å². The summed E-state index contributed by atoms with van der Waals surface area (Å²) in [6.07, 6.45) is -4.54. The molecular formula is C15H12F3N3O4. The van der Waals surface area contributed by atoms with Gasteiger partial charge in [0.25, 0.3) is 5.91 Å². The van der Waals surface area contributed by atoms with Gasteiger partial charge in [-0.3, -0.25) is 4.79 Å². The SMILES string of the molecule is Cc1ccc(OCC(=O)Nc2cccc(C(F)(F)F)c2)c([N+](=O)[O-])n1. The highest BCUT2D eigenvalue weighted by molar-refractivity contribution is 5.92. The lowest BCUT2D eigenvalue weighted by Crippen LogP contribution is -2.21. The minimum atomic E-state index is -4.54. The van der Waals surface area contributed by atoms with Gasteiger partial charge in [0.05, 0.1) is 5.56 Å². The van der Waals surface area contributed by atoms with E-state index >= 15 is 0 Å². The predicted octanol–water partition coefficient (Wildman–Crippen LogP) is 3.33. The molecule has 132 valence electrons. The van der Waals surface area contributed by atoms with E-state index in [1.165, 1.54) is 18.2 Å². The van der Waals surface area contributed by atoms with Gasteiger partial charge in [0.15, 0.2) is 6.61 Å². The summed E-state index contributed by atoms with van der Waals surface area (Å²) in [7, 11) is 0. The molecule has 1 aromatic carbocycles. The quantitative estimate of drug-likeness (QED) is 0.656. The van der Waals surface area contributed by atoms with Gasteiger partial charge in [-0.1, -0.05) is 6.07 Å². The Labute approximate surface area is 139 Å². The molecule has 0 saturated carbocycles. The Balaban J connectivity index is 2.04. The van der Waals surface area contributed by atoms with Crippen LogP contribution in [0.2, 0.25) is 0 Å². The van der Waals surface area contributed by atoms with Crippen molar-refractivity contribution in [3.05, 3.63) is 57.8 Å². The molecule has 1 N–H and O–H groups in total. The predicted molar refractivity (Wildman–Crippen MR) is 81.2 cm³/mol. The fourth-order valence-corrected chi connectivity index (χ4v) is 1.89. The highest BCUT2D eigenvalue weighted by atomic mass is 19.4. The van der Waals surface area contributed by atoms with E-state index in [0.717, 1.165) is 18.2 Å². The molecule has 0 bridgehead atoms. The van der Waals surface area contributed by atoms with E-state index < -0.39 is 35.0 Å². The molecule has 0 aliphatic heterocycles. The Morgan fingerprint density at radius 2 is 2.04 bits per heavy atom. The number of rotatable bonds is 5. The first kappa shape index (κ1) is 18.2. The van der Waals surface area contributed by atoms with Crippen molar-refractivity contribution in [1.29, 1.82) is 0 Å². The van der Waals surface area contributed by atoms with Crippen LogP contribution in [-0.2, 0) is 11.0 Å². The van der Waals surface area contributed by atoms with Crippen molar-refractivity contribution in [3.8, 4) is 5.75 Å². The van der Waals surface area contributed by atoms with Gasteiger partial charge in [0.2, 0.25) is 5.75 Å². The number of carbonyl (C=O) groups excluding carboxylic acids is 1. The van der Waals surface area contributed by atoms with Crippen molar-refractivity contribution in [2.75, 3.05) is 11.9 Å². The van der Waals surface area contributed by atoms with Crippen LogP contribution in [0, 0.1) is 17.0 Å². The van der Waals surface area contributed by atoms with E-state index in [1.807, 2.05) is 0 Å². The molecule has 7 nitrogen and oxygen atoms in total. The largest absolute Gasteiger partial charge is 0.476 e. The standard InChI is InChI=1S/C15H12F3N3O4/c1-9-5-6-12(14(19-9)21(23)24)25-8-13(22)20-11-4-2-3-10(7-11)15(16,17)18/h2-7H,8H2,1H3,(H,20,22). The summed E-state index contributed by atoms with van der Waals surface area (Å²) in [5, 5.41) is 13.1. The number of halogens is 3. The van der Waals surface area contributed by atoms with Gasteiger partial charge in [0.1, 0.15) is 5.69 Å². The molecule has 10 heteroatoms. The number of nitro groups is 1. The van der Waals surface area contributed by atoms with Crippen molar-refractivity contribution >= 4 is 17.4 Å². The molecule has 0 unspecified atom stereocenters. The normalized spacial score (nSPS) is 11.0. The van der Waals surface area contributed by atoms with Gasteiger partial charge < -0.3 is 20.2 Å². The van der Waals surface area contributed by atoms with E-state index in [2.05, 4.69) is 10.3 Å². The van der Waals surface area contributed by atoms with Gasteiger partial charge in [-0.25, -0.2) is 0 Å². The lowest BCUT2D eigenvalue weighted by molar-refractivity contribution is -0.390. The van der Waals surface area contributed by atoms with Crippen molar-refractivity contribution in [2.24, 2.45) is 0 Å². The van der Waals surface area contributed by atoms with Gasteiger partial charge in [-0.05, 0) is 40.2 Å². The first-order chi connectivity index (χ1) is 11.7. The van der Waals surface area contributed by atoms with E-state index in [4.69, 9.17) is 4.74 Å². The number of carbonyl (C=O) groups is 1. The Kier molecular flexibility index (Phi) is 5.20. The molecule has 1 aromatic heterocycles. The van der Waals surface area contributed by atoms with Crippen LogP contribution in [0.1, 0.15) is 11.3 Å². The second-order valence-corrected chi connectivity index (χ2v) is 4.95. The zero-order valence-corrected chi connectivity index (χ0v) is 12.8. The molecule has 0 aliphatic carbocycles. The summed E-state index contributed by atoms with van der Waals surface area (Å²) in [6.45, 7) is 0.930. The number of nitrogens with zero attached hydrogens (tertiary/aromatic N) is 2. The Bertz CT molecular complexity index is 809. The number of ether oxygens (including phenoxy) is 1. The number of aryl methyl sites for hydroxylation is 1. The van der Waals surface area contributed by atoms with Crippen molar-refractivity contribution in [2.45, 2.75) is 13.1 Å². The molecule has 0 aliphatic rings. The zero-order valence-electron chi connectivity index (χ0n) is 12.8. The molecule has 0 saturated heterocycles. The maximum absolute atomic E-state index is 12.6. The number of aromatic nitrogens is 1. The summed E-state index contributed by atoms with van der Waals surface area (Å²) < 4.78 is 42.9. The smallest absolute Gasteiger partial charge is 0.416 e. The van der Waals surface area contributed by atoms with Crippen LogP contribution in [0.4, 0.5) is 24.7 Å². The number of nitrogens with one attached hydrogen (secondary N) is 1. The molecule has 2 rings (SSSR count). The van der Waals surface area contributed by atoms with E-state index in [9.17, 15) is 28.1 Å². The number of benzene rings is 1. The van der Waals surface area contributed by atoms with E-state index in [0.29, 0.717) is 5.69 Å². The Morgan fingerprint density at radius 1 is 1.32 bits per heavy atom. The molecule has 0 atom stereocenters. The number of amides is 1. The maximum Gasteiger partial charge on any atom is 0.416 e. The van der Waals surface area contributed by atoms with Crippen molar-refractivity contribution in [1.82, 2.24) is 4.98 Å². The second-order valence-electron chi connectivity index (χ2n) is 4.95. The first-order valence-corrected chi connectivity index (χ1v) is 6.89. The van der Waals surface area contributed by atoms with Crippen LogP contribution < -0.4 is 10.1 Å². The molecular weight excluding hydrogens is 343 g/mol. The maximum atomic E-state index is 12.6. The minimum absolute atomic E-state index is 0.0695. The fourth-order valence-electron chi connectivity index (χ4n) is 1.89. The highest BCUT2D eigenvalue weighted by Gasteiger charge is 2.30. The molecule has 2 aromatic rings. The minimum Gasteiger partial charge on any atom is -0.476 e. The van der Waals surface area contributed by atoms with Crippen LogP contribution >= 0.6 is 0 Å². The third-order valence-electron chi connectivity index (χ3n) is 2.98. The van der Waals surface area contributed by atoms with Crippen molar-refractivity contribution < 1.29 is 27.6 Å². The summed E-state index contributed by atoms with van der Waals surface area (Å²) in [5.41, 5.74) is -0.586. The van der Waals surface area contributed by atoms with E-state index in [1.54, 1.807) is 6.92 Å². The highest BCUT2D eigenvalue weighted by Crippen LogP contribution is 2.30. The number of pyridine rings is 1. The lowest BCUT2D eigenvalue weighted by Gasteiger charge is -2.10. The molecule has 0 radical (unpaired) electrons. The number of hydrogen-bond acceptors (Lipinski definition) is 5. The summed E-state index contributed by atoms with van der Waals surface area (Å²) in [5.74, 6) is -1.53. The van der Waals surface area contributed by atoms with Gasteiger partial charge in [0, 0.05) is 12.6 Å². The monoisotopic (exact) mass is 355 g/mol. The summed E-state index contributed by atoms with van der Waals surface area (Å²) >= 11 is 0. The summed E-state index contributed by atoms with van der Waals surface area (Å²) in [6, 6.07) is 6.82. The van der Waals surface area contributed by atoms with Crippen LogP contribution in [0.3, 0.4) is 0 Å². The average Bonchev–Trinajstić information content (AvgIpc) is 2.53. The molecule has 0 fully saturated rings. The third kappa shape index (κ3) is 4.90. The van der Waals surface area contributed by atoms with Gasteiger partial charge >= 0.3 is 12.0 Å². The van der Waals surface area contributed by atoms with Gasteiger partial charge in [-0.15, -0.1) is 0 Å². The summed E-state index contributed by atoms with van der Waals surface area (Å²) in [4.78, 5) is 25.6. The fraction of sp³-hybridized carbons (Fsp3) is 0.200. The third-order valence-corrected chi connectivity index (χ3v) is 2.98. The topological polar surface area (TPSA) is 94.4 Å². The van der Waals surface area contributed by atoms with Crippen molar-refractivity contribution in [3.63, 3.8) is 0 Å². The Hall–Kier alpha value is -3.17. The average molecular weight is 355 g/mol. The molecule has 0 spiro atoms. The molecule has 1 amide bonds. The second kappa shape index (κ2) is 7.16. The van der Waals surface area contributed by atoms with Crippen LogP contribution in [-0.4, -0.2) is 22.4 Å². The molecule has 1 heterocycles. The van der Waals surface area contributed by atoms with Crippen LogP contribution in [0.5, 0.6) is 5.75 Å². The number of anilines is 1. The number of alkyl halides is 3. The lowest BCUT2D eigenvalue weighted by atomic mass is 10.2. The van der Waals surface area contributed by atoms with Crippen LogP contribution in [0.25, 0.3) is 0 Å².